The van der Waals surface area contributed by atoms with E-state index in [0.717, 1.165) is 27.7 Å². The van der Waals surface area contributed by atoms with Crippen LogP contribution in [-0.2, 0) is 0 Å². The van der Waals surface area contributed by atoms with Gasteiger partial charge in [-0.05, 0) is 75.9 Å². The maximum Gasteiger partial charge on any atom is 0.0629 e. The summed E-state index contributed by atoms with van der Waals surface area (Å²) in [5.74, 6) is 0. The van der Waals surface area contributed by atoms with E-state index in [2.05, 4.69) is 61.5 Å². The fourth-order valence-electron chi connectivity index (χ4n) is 2.19. The van der Waals surface area contributed by atoms with Crippen LogP contribution in [0.3, 0.4) is 0 Å². The van der Waals surface area contributed by atoms with Crippen molar-refractivity contribution in [3.63, 3.8) is 0 Å². The molecule has 1 fully saturated rings. The minimum Gasteiger partial charge on any atom is -0.382 e. The topological polar surface area (TPSA) is 24.1 Å². The summed E-state index contributed by atoms with van der Waals surface area (Å²) in [7, 11) is 0. The van der Waals surface area contributed by atoms with Gasteiger partial charge >= 0.3 is 0 Å². The molecule has 4 heteroatoms. The number of hydrogen-bond acceptors (Lipinski definition) is 2. The number of piperidine rings is 1. The van der Waals surface area contributed by atoms with E-state index in [1.807, 2.05) is 0 Å². The van der Waals surface area contributed by atoms with E-state index >= 15 is 0 Å². The fourth-order valence-corrected chi connectivity index (χ4v) is 3.89. The van der Waals surface area contributed by atoms with Crippen molar-refractivity contribution in [3.05, 3.63) is 26.6 Å². The zero-order chi connectivity index (χ0) is 12.3. The molecule has 0 saturated carbocycles. The van der Waals surface area contributed by atoms with Gasteiger partial charge in [0.1, 0.15) is 0 Å². The van der Waals surface area contributed by atoms with Crippen molar-refractivity contribution < 1.29 is 0 Å². The number of benzene rings is 1. The van der Waals surface area contributed by atoms with Gasteiger partial charge in [-0.2, -0.15) is 0 Å². The van der Waals surface area contributed by atoms with E-state index in [4.69, 9.17) is 0 Å². The summed E-state index contributed by atoms with van der Waals surface area (Å²) < 4.78 is 2.25. The molecular formula is C13H18Br2N2. The third-order valence-electron chi connectivity index (χ3n) is 3.12. The first kappa shape index (κ1) is 13.4. The van der Waals surface area contributed by atoms with Crippen LogP contribution in [0.1, 0.15) is 24.8 Å². The van der Waals surface area contributed by atoms with Gasteiger partial charge in [0.25, 0.3) is 0 Å². The van der Waals surface area contributed by atoms with Crippen molar-refractivity contribution in [3.8, 4) is 0 Å². The zero-order valence-electron chi connectivity index (χ0n) is 10.0. The van der Waals surface area contributed by atoms with Gasteiger partial charge in [-0.15, -0.1) is 0 Å². The monoisotopic (exact) mass is 360 g/mol. The predicted octanol–water partition coefficient (Wildman–Crippen LogP) is 4.07. The molecule has 1 aliphatic rings. The maximum atomic E-state index is 3.61. The maximum absolute atomic E-state index is 3.61. The van der Waals surface area contributed by atoms with Crippen molar-refractivity contribution >= 4 is 37.5 Å². The van der Waals surface area contributed by atoms with Crippen LogP contribution in [-0.4, -0.2) is 19.1 Å². The van der Waals surface area contributed by atoms with Gasteiger partial charge in [0.05, 0.1) is 5.69 Å². The van der Waals surface area contributed by atoms with E-state index in [-0.39, 0.29) is 0 Å². The number of nitrogens with one attached hydrogen (secondary N) is 2. The quantitative estimate of drug-likeness (QED) is 0.847. The van der Waals surface area contributed by atoms with Gasteiger partial charge in [-0.1, -0.05) is 6.42 Å². The van der Waals surface area contributed by atoms with Crippen LogP contribution in [0.4, 0.5) is 5.69 Å². The summed E-state index contributed by atoms with van der Waals surface area (Å²) in [6.07, 6.45) is 3.93. The van der Waals surface area contributed by atoms with E-state index in [0.29, 0.717) is 6.04 Å². The lowest BCUT2D eigenvalue weighted by atomic mass is 10.1. The summed E-state index contributed by atoms with van der Waals surface area (Å²) in [6, 6.07) is 4.88. The largest absolute Gasteiger partial charge is 0.382 e. The molecule has 2 rings (SSSR count). The summed E-state index contributed by atoms with van der Waals surface area (Å²) in [5.41, 5.74) is 2.41. The van der Waals surface area contributed by atoms with E-state index in [1.165, 1.54) is 24.8 Å². The molecule has 17 heavy (non-hydrogen) atoms. The molecule has 0 aromatic heterocycles. The molecule has 1 aliphatic heterocycles. The molecule has 1 aromatic rings. The van der Waals surface area contributed by atoms with Crippen molar-refractivity contribution in [2.45, 2.75) is 32.2 Å². The second-order valence-electron chi connectivity index (χ2n) is 4.63. The molecule has 1 atom stereocenters. The average Bonchev–Trinajstić information content (AvgIpc) is 2.29. The highest BCUT2D eigenvalue weighted by molar-refractivity contribution is 9.11. The Balaban J connectivity index is 1.98. The van der Waals surface area contributed by atoms with E-state index in [9.17, 15) is 0 Å². The second-order valence-corrected chi connectivity index (χ2v) is 6.34. The number of hydrogen-bond donors (Lipinski definition) is 2. The first-order valence-corrected chi connectivity index (χ1v) is 7.68. The third-order valence-corrected chi connectivity index (χ3v) is 4.37. The van der Waals surface area contributed by atoms with Crippen molar-refractivity contribution in [2.24, 2.45) is 0 Å². The highest BCUT2D eigenvalue weighted by Crippen LogP contribution is 2.32. The molecule has 2 nitrogen and oxygen atoms in total. The number of halogens is 2. The van der Waals surface area contributed by atoms with Gasteiger partial charge in [-0.3, -0.25) is 0 Å². The molecule has 94 valence electrons. The number of anilines is 1. The molecule has 1 saturated heterocycles. The van der Waals surface area contributed by atoms with Gasteiger partial charge in [0, 0.05) is 21.5 Å². The molecule has 0 amide bonds. The minimum absolute atomic E-state index is 0.601. The van der Waals surface area contributed by atoms with Gasteiger partial charge in [0.15, 0.2) is 0 Å². The van der Waals surface area contributed by atoms with Crippen molar-refractivity contribution in [1.29, 1.82) is 0 Å². The molecule has 1 heterocycles. The Kier molecular flexibility index (Phi) is 4.88. The molecule has 0 bridgehead atoms. The predicted molar refractivity (Wildman–Crippen MR) is 80.7 cm³/mol. The van der Waals surface area contributed by atoms with Gasteiger partial charge < -0.3 is 10.6 Å². The number of aryl methyl sites for hydroxylation is 1. The van der Waals surface area contributed by atoms with Crippen molar-refractivity contribution in [1.82, 2.24) is 5.32 Å². The van der Waals surface area contributed by atoms with Crippen LogP contribution in [0, 0.1) is 6.92 Å². The molecular weight excluding hydrogens is 344 g/mol. The molecule has 1 unspecified atom stereocenters. The Hall–Kier alpha value is -0.0600. The summed E-state index contributed by atoms with van der Waals surface area (Å²) >= 11 is 7.22. The Morgan fingerprint density at radius 1 is 1.29 bits per heavy atom. The standard InChI is InChI=1S/C13H18Br2N2/c1-9-6-11(14)13(12(15)7-9)17-8-10-4-2-3-5-16-10/h6-7,10,16-17H,2-5,8H2,1H3. The molecule has 0 spiro atoms. The summed E-state index contributed by atoms with van der Waals surface area (Å²) in [4.78, 5) is 0. The van der Waals surface area contributed by atoms with Gasteiger partial charge in [0.2, 0.25) is 0 Å². The van der Waals surface area contributed by atoms with Crippen LogP contribution in [0.15, 0.2) is 21.1 Å². The lowest BCUT2D eigenvalue weighted by Crippen LogP contribution is -2.39. The molecule has 1 aromatic carbocycles. The zero-order valence-corrected chi connectivity index (χ0v) is 13.2. The van der Waals surface area contributed by atoms with Crippen LogP contribution in [0.2, 0.25) is 0 Å². The lowest BCUT2D eigenvalue weighted by Gasteiger charge is -2.24. The van der Waals surface area contributed by atoms with Gasteiger partial charge in [-0.25, -0.2) is 0 Å². The second kappa shape index (κ2) is 6.21. The van der Waals surface area contributed by atoms with Crippen molar-refractivity contribution in [2.75, 3.05) is 18.4 Å². The first-order chi connectivity index (χ1) is 8.16. The Morgan fingerprint density at radius 2 is 2.00 bits per heavy atom. The smallest absolute Gasteiger partial charge is 0.0629 e. The highest BCUT2D eigenvalue weighted by atomic mass is 79.9. The van der Waals surface area contributed by atoms with Crippen LogP contribution in [0.25, 0.3) is 0 Å². The third kappa shape index (κ3) is 3.70. The Morgan fingerprint density at radius 3 is 2.59 bits per heavy atom. The lowest BCUT2D eigenvalue weighted by molar-refractivity contribution is 0.414. The SMILES string of the molecule is Cc1cc(Br)c(NCC2CCCCN2)c(Br)c1. The normalized spacial score (nSPS) is 20.3. The van der Waals surface area contributed by atoms with Crippen LogP contribution >= 0.6 is 31.9 Å². The Bertz CT molecular complexity index is 364. The van der Waals surface area contributed by atoms with Crippen LogP contribution < -0.4 is 10.6 Å². The number of rotatable bonds is 3. The summed E-state index contributed by atoms with van der Waals surface area (Å²) in [5, 5.41) is 7.07. The van der Waals surface area contributed by atoms with Crippen LogP contribution in [0.5, 0.6) is 0 Å². The highest BCUT2D eigenvalue weighted by Gasteiger charge is 2.13. The molecule has 2 N–H and O–H groups in total. The summed E-state index contributed by atoms with van der Waals surface area (Å²) in [6.45, 7) is 4.24. The minimum atomic E-state index is 0.601. The Labute approximate surface area is 120 Å². The molecule has 0 radical (unpaired) electrons. The average molecular weight is 362 g/mol. The van der Waals surface area contributed by atoms with E-state index < -0.39 is 0 Å². The fraction of sp³-hybridized carbons (Fsp3) is 0.538. The first-order valence-electron chi connectivity index (χ1n) is 6.09. The van der Waals surface area contributed by atoms with E-state index in [1.54, 1.807) is 0 Å². The molecule has 0 aliphatic carbocycles.